The van der Waals surface area contributed by atoms with E-state index in [4.69, 9.17) is 5.73 Å². The first-order valence-corrected chi connectivity index (χ1v) is 9.78. The standard InChI is InChI=1S/C22H28N4O/c1-25-12-14-26(15-13-25)11-10-18-16-6-2-3-7-17(16)21(24-22(18)27)19-8-4-5-9-20(19)23/h2-9,18,21H,10-15,23H2,1H3,(H,24,27). The van der Waals surface area contributed by atoms with Gasteiger partial charge in [-0.2, -0.15) is 0 Å². The highest BCUT2D eigenvalue weighted by molar-refractivity contribution is 5.87. The van der Waals surface area contributed by atoms with E-state index in [1.165, 1.54) is 5.56 Å². The molecular weight excluding hydrogens is 336 g/mol. The monoisotopic (exact) mass is 364 g/mol. The van der Waals surface area contributed by atoms with Crippen LogP contribution in [-0.4, -0.2) is 55.5 Å². The number of carbonyl (C=O) groups excluding carboxylic acids is 1. The number of hydrogen-bond acceptors (Lipinski definition) is 4. The minimum atomic E-state index is -0.171. The maximum Gasteiger partial charge on any atom is 0.228 e. The second-order valence-corrected chi connectivity index (χ2v) is 7.69. The van der Waals surface area contributed by atoms with E-state index in [9.17, 15) is 4.79 Å². The van der Waals surface area contributed by atoms with Gasteiger partial charge in [0, 0.05) is 37.4 Å². The molecule has 0 aliphatic carbocycles. The van der Waals surface area contributed by atoms with Crippen LogP contribution < -0.4 is 11.1 Å². The van der Waals surface area contributed by atoms with Gasteiger partial charge in [0.1, 0.15) is 0 Å². The maximum absolute atomic E-state index is 13.0. The van der Waals surface area contributed by atoms with Gasteiger partial charge in [-0.05, 0) is 37.2 Å². The molecule has 0 radical (unpaired) electrons. The Kier molecular flexibility index (Phi) is 5.14. The van der Waals surface area contributed by atoms with Crippen LogP contribution in [0.15, 0.2) is 48.5 Å². The molecule has 1 amide bonds. The van der Waals surface area contributed by atoms with Gasteiger partial charge in [-0.15, -0.1) is 0 Å². The first-order chi connectivity index (χ1) is 13.1. The van der Waals surface area contributed by atoms with Gasteiger partial charge >= 0.3 is 0 Å². The molecular formula is C22H28N4O. The number of hydrogen-bond donors (Lipinski definition) is 2. The number of rotatable bonds is 4. The van der Waals surface area contributed by atoms with Crippen LogP contribution in [0.3, 0.4) is 0 Å². The summed E-state index contributed by atoms with van der Waals surface area (Å²) in [5.41, 5.74) is 10.2. The molecule has 2 heterocycles. The summed E-state index contributed by atoms with van der Waals surface area (Å²) in [5, 5.41) is 3.23. The summed E-state index contributed by atoms with van der Waals surface area (Å²) in [6.07, 6.45) is 0.851. The minimum Gasteiger partial charge on any atom is -0.398 e. The van der Waals surface area contributed by atoms with Crippen molar-refractivity contribution in [3.05, 3.63) is 65.2 Å². The Balaban J connectivity index is 1.56. The molecule has 2 aromatic carbocycles. The van der Waals surface area contributed by atoms with Crippen molar-refractivity contribution in [2.45, 2.75) is 18.4 Å². The van der Waals surface area contributed by atoms with Gasteiger partial charge in [0.15, 0.2) is 0 Å². The Hall–Kier alpha value is -2.37. The van der Waals surface area contributed by atoms with Crippen molar-refractivity contribution in [1.82, 2.24) is 15.1 Å². The molecule has 3 N–H and O–H groups in total. The van der Waals surface area contributed by atoms with Gasteiger partial charge in [-0.1, -0.05) is 42.5 Å². The van der Waals surface area contributed by atoms with Crippen LogP contribution in [0.5, 0.6) is 0 Å². The van der Waals surface area contributed by atoms with Crippen LogP contribution in [-0.2, 0) is 4.79 Å². The zero-order valence-corrected chi connectivity index (χ0v) is 15.9. The lowest BCUT2D eigenvalue weighted by Crippen LogP contribution is -2.46. The van der Waals surface area contributed by atoms with Gasteiger partial charge in [0.25, 0.3) is 0 Å². The molecule has 1 saturated heterocycles. The van der Waals surface area contributed by atoms with E-state index in [2.05, 4.69) is 34.3 Å². The van der Waals surface area contributed by atoms with Gasteiger partial charge < -0.3 is 20.9 Å². The van der Waals surface area contributed by atoms with Crippen LogP contribution in [0, 0.1) is 0 Å². The van der Waals surface area contributed by atoms with E-state index in [-0.39, 0.29) is 17.9 Å². The third kappa shape index (κ3) is 3.70. The number of nitrogens with one attached hydrogen (secondary N) is 1. The third-order valence-electron chi connectivity index (χ3n) is 5.92. The molecule has 4 rings (SSSR count). The molecule has 0 aromatic heterocycles. The SMILES string of the molecule is CN1CCN(CCC2C(=O)NC(c3ccccc3N)c3ccccc32)CC1. The van der Waals surface area contributed by atoms with Crippen molar-refractivity contribution < 1.29 is 4.79 Å². The molecule has 2 aromatic rings. The van der Waals surface area contributed by atoms with Crippen molar-refractivity contribution in [2.24, 2.45) is 0 Å². The number of likely N-dealkylation sites (N-methyl/N-ethyl adjacent to an activating group) is 1. The average Bonchev–Trinajstić information content (AvgIpc) is 2.69. The molecule has 0 spiro atoms. The largest absolute Gasteiger partial charge is 0.398 e. The lowest BCUT2D eigenvalue weighted by Gasteiger charge is -2.36. The molecule has 0 saturated carbocycles. The minimum absolute atomic E-state index is 0.0953. The van der Waals surface area contributed by atoms with E-state index >= 15 is 0 Å². The second-order valence-electron chi connectivity index (χ2n) is 7.69. The topological polar surface area (TPSA) is 61.6 Å². The fraction of sp³-hybridized carbons (Fsp3) is 0.409. The lowest BCUT2D eigenvalue weighted by molar-refractivity contribution is -0.124. The average molecular weight is 364 g/mol. The van der Waals surface area contributed by atoms with Crippen LogP contribution in [0.2, 0.25) is 0 Å². The van der Waals surface area contributed by atoms with Gasteiger partial charge in [0.2, 0.25) is 5.91 Å². The van der Waals surface area contributed by atoms with Crippen molar-refractivity contribution in [3.8, 4) is 0 Å². The van der Waals surface area contributed by atoms with Crippen molar-refractivity contribution in [2.75, 3.05) is 45.5 Å². The van der Waals surface area contributed by atoms with Crippen LogP contribution in [0.25, 0.3) is 0 Å². The highest BCUT2D eigenvalue weighted by atomic mass is 16.2. The van der Waals surface area contributed by atoms with Gasteiger partial charge in [-0.25, -0.2) is 0 Å². The van der Waals surface area contributed by atoms with Crippen molar-refractivity contribution >= 4 is 11.6 Å². The number of amides is 1. The fourth-order valence-electron chi connectivity index (χ4n) is 4.24. The number of nitrogens with two attached hydrogens (primary N) is 1. The van der Waals surface area contributed by atoms with E-state index in [1.54, 1.807) is 0 Å². The van der Waals surface area contributed by atoms with Gasteiger partial charge in [-0.3, -0.25) is 4.79 Å². The summed E-state index contributed by atoms with van der Waals surface area (Å²) in [7, 11) is 2.16. The number of benzene rings is 2. The number of nitrogen functional groups attached to an aromatic ring is 1. The van der Waals surface area contributed by atoms with E-state index in [1.807, 2.05) is 36.4 Å². The first kappa shape index (κ1) is 18.0. The number of piperazine rings is 1. The zero-order valence-electron chi connectivity index (χ0n) is 15.9. The maximum atomic E-state index is 13.0. The number of carbonyl (C=O) groups is 1. The smallest absolute Gasteiger partial charge is 0.228 e. The number of anilines is 1. The highest BCUT2D eigenvalue weighted by Gasteiger charge is 2.34. The van der Waals surface area contributed by atoms with Crippen molar-refractivity contribution in [1.29, 1.82) is 0 Å². The summed E-state index contributed by atoms with van der Waals surface area (Å²) < 4.78 is 0. The molecule has 0 bridgehead atoms. The second kappa shape index (κ2) is 7.71. The molecule has 1 fully saturated rings. The lowest BCUT2D eigenvalue weighted by atomic mass is 9.81. The Morgan fingerprint density at radius 3 is 2.30 bits per heavy atom. The fourth-order valence-corrected chi connectivity index (χ4v) is 4.24. The summed E-state index contributed by atoms with van der Waals surface area (Å²) in [4.78, 5) is 17.8. The van der Waals surface area contributed by atoms with Crippen molar-refractivity contribution in [3.63, 3.8) is 0 Å². The quantitative estimate of drug-likeness (QED) is 0.817. The molecule has 2 aliphatic heterocycles. The predicted octanol–water partition coefficient (Wildman–Crippen LogP) is 2.21. The molecule has 5 heteroatoms. The molecule has 2 unspecified atom stereocenters. The molecule has 2 atom stereocenters. The Morgan fingerprint density at radius 2 is 1.59 bits per heavy atom. The van der Waals surface area contributed by atoms with Crippen LogP contribution in [0.4, 0.5) is 5.69 Å². The summed E-state index contributed by atoms with van der Waals surface area (Å²) in [6.45, 7) is 5.31. The van der Waals surface area contributed by atoms with E-state index in [0.717, 1.165) is 50.3 Å². The highest BCUT2D eigenvalue weighted by Crippen LogP contribution is 2.37. The van der Waals surface area contributed by atoms with Crippen LogP contribution >= 0.6 is 0 Å². The molecule has 2 aliphatic rings. The summed E-state index contributed by atoms with van der Waals surface area (Å²) in [5.74, 6) is 0.0122. The summed E-state index contributed by atoms with van der Waals surface area (Å²) in [6, 6.07) is 15.9. The number of para-hydroxylation sites is 1. The van der Waals surface area contributed by atoms with E-state index in [0.29, 0.717) is 5.69 Å². The Labute approximate surface area is 161 Å². The number of nitrogens with zero attached hydrogens (tertiary/aromatic N) is 2. The molecule has 27 heavy (non-hydrogen) atoms. The third-order valence-corrected chi connectivity index (χ3v) is 5.92. The Morgan fingerprint density at radius 1 is 0.963 bits per heavy atom. The number of fused-ring (bicyclic) bond motifs is 1. The first-order valence-electron chi connectivity index (χ1n) is 9.78. The van der Waals surface area contributed by atoms with E-state index < -0.39 is 0 Å². The predicted molar refractivity (Wildman–Crippen MR) is 109 cm³/mol. The summed E-state index contributed by atoms with van der Waals surface area (Å²) >= 11 is 0. The zero-order chi connectivity index (χ0) is 18.8. The van der Waals surface area contributed by atoms with Gasteiger partial charge in [0.05, 0.1) is 12.0 Å². The Bertz CT molecular complexity index is 813. The molecule has 5 nitrogen and oxygen atoms in total. The van der Waals surface area contributed by atoms with Crippen LogP contribution in [0.1, 0.15) is 35.1 Å². The normalized spacial score (nSPS) is 23.7. The molecule has 142 valence electrons.